The molecule has 1 atom stereocenters. The van der Waals surface area contributed by atoms with Crippen LogP contribution in [0.15, 0.2) is 18.2 Å². The summed E-state index contributed by atoms with van der Waals surface area (Å²) < 4.78 is 0. The Labute approximate surface area is 117 Å². The molecule has 1 aromatic rings. The minimum Gasteiger partial charge on any atom is -0.369 e. The number of fused-ring (bicyclic) bond motifs is 1. The maximum Gasteiger partial charge on any atom is 0.246 e. The number of anilines is 2. The number of benzene rings is 1. The molecular formula is C14H18N4O2. The molecular weight excluding hydrogens is 256 g/mol. The van der Waals surface area contributed by atoms with Crippen molar-refractivity contribution in [2.45, 2.75) is 12.5 Å². The van der Waals surface area contributed by atoms with Gasteiger partial charge < -0.3 is 20.9 Å². The lowest BCUT2D eigenvalue weighted by atomic mass is 10.1. The molecule has 6 heteroatoms. The maximum absolute atomic E-state index is 11.8. The Morgan fingerprint density at radius 2 is 2.15 bits per heavy atom. The van der Waals surface area contributed by atoms with Crippen LogP contribution in [0.5, 0.6) is 0 Å². The first-order valence-corrected chi connectivity index (χ1v) is 6.83. The number of nitrogens with one attached hydrogen (secondary N) is 3. The Bertz CT molecular complexity index is 558. The Hall–Kier alpha value is -2.08. The van der Waals surface area contributed by atoms with E-state index in [1.807, 2.05) is 18.2 Å². The van der Waals surface area contributed by atoms with Crippen LogP contribution in [-0.2, 0) is 9.59 Å². The monoisotopic (exact) mass is 274 g/mol. The Morgan fingerprint density at radius 1 is 1.30 bits per heavy atom. The molecule has 0 saturated carbocycles. The molecule has 2 aliphatic rings. The van der Waals surface area contributed by atoms with Gasteiger partial charge in [-0.3, -0.25) is 9.59 Å². The van der Waals surface area contributed by atoms with Crippen LogP contribution in [0.25, 0.3) is 0 Å². The zero-order chi connectivity index (χ0) is 14.1. The molecule has 2 amide bonds. The van der Waals surface area contributed by atoms with Crippen molar-refractivity contribution < 1.29 is 9.59 Å². The summed E-state index contributed by atoms with van der Waals surface area (Å²) in [7, 11) is 1.78. The van der Waals surface area contributed by atoms with Crippen LogP contribution in [0.2, 0.25) is 0 Å². The molecule has 106 valence electrons. The topological polar surface area (TPSA) is 73.5 Å². The number of amides is 2. The number of carbonyl (C=O) groups excluding carboxylic acids is 2. The fourth-order valence-corrected chi connectivity index (χ4v) is 2.76. The number of nitrogens with zero attached hydrogens (tertiary/aromatic N) is 1. The highest BCUT2D eigenvalue weighted by molar-refractivity contribution is 6.03. The molecule has 1 saturated heterocycles. The lowest BCUT2D eigenvalue weighted by Gasteiger charge is -2.22. The second-order valence-electron chi connectivity index (χ2n) is 5.07. The van der Waals surface area contributed by atoms with Gasteiger partial charge in [0.1, 0.15) is 6.04 Å². The van der Waals surface area contributed by atoms with E-state index in [-0.39, 0.29) is 17.9 Å². The highest BCUT2D eigenvalue weighted by atomic mass is 16.2. The minimum absolute atomic E-state index is 0.0210. The normalized spacial score (nSPS) is 22.1. The van der Waals surface area contributed by atoms with E-state index in [9.17, 15) is 9.59 Å². The first-order valence-electron chi connectivity index (χ1n) is 6.83. The SMILES string of the molecule is CNC1C(=O)Nc2cc(N3CCNC(=O)CC3)ccc21. The average Bonchev–Trinajstić information content (AvgIpc) is 2.60. The van der Waals surface area contributed by atoms with Crippen LogP contribution >= 0.6 is 0 Å². The summed E-state index contributed by atoms with van der Waals surface area (Å²) in [4.78, 5) is 25.3. The van der Waals surface area contributed by atoms with Gasteiger partial charge in [-0.1, -0.05) is 6.07 Å². The van der Waals surface area contributed by atoms with Crippen LogP contribution in [0.3, 0.4) is 0 Å². The summed E-state index contributed by atoms with van der Waals surface area (Å²) in [6, 6.07) is 5.70. The molecule has 1 unspecified atom stereocenters. The van der Waals surface area contributed by atoms with E-state index in [0.29, 0.717) is 19.5 Å². The molecule has 3 N–H and O–H groups in total. The number of hydrogen-bond donors (Lipinski definition) is 3. The predicted octanol–water partition coefficient (Wildman–Crippen LogP) is 0.226. The number of rotatable bonds is 2. The smallest absolute Gasteiger partial charge is 0.246 e. The molecule has 0 radical (unpaired) electrons. The van der Waals surface area contributed by atoms with Gasteiger partial charge in [-0.25, -0.2) is 0 Å². The molecule has 6 nitrogen and oxygen atoms in total. The summed E-state index contributed by atoms with van der Waals surface area (Å²) in [5, 5.41) is 8.76. The number of likely N-dealkylation sites (N-methyl/N-ethyl adjacent to an activating group) is 1. The Kier molecular flexibility index (Phi) is 3.31. The fourth-order valence-electron chi connectivity index (χ4n) is 2.76. The van der Waals surface area contributed by atoms with Gasteiger partial charge in [-0.2, -0.15) is 0 Å². The van der Waals surface area contributed by atoms with Crippen molar-refractivity contribution in [2.24, 2.45) is 0 Å². The molecule has 2 heterocycles. The summed E-state index contributed by atoms with van der Waals surface area (Å²) in [6.07, 6.45) is 0.503. The second-order valence-corrected chi connectivity index (χ2v) is 5.07. The van der Waals surface area contributed by atoms with Gasteiger partial charge in [0.2, 0.25) is 11.8 Å². The van der Waals surface area contributed by atoms with E-state index < -0.39 is 0 Å². The number of carbonyl (C=O) groups is 2. The van der Waals surface area contributed by atoms with Crippen molar-refractivity contribution in [1.29, 1.82) is 0 Å². The minimum atomic E-state index is -0.272. The second kappa shape index (κ2) is 5.13. The Morgan fingerprint density at radius 3 is 2.95 bits per heavy atom. The lowest BCUT2D eigenvalue weighted by molar-refractivity contribution is -0.120. The zero-order valence-corrected chi connectivity index (χ0v) is 11.4. The van der Waals surface area contributed by atoms with E-state index in [1.54, 1.807) is 7.05 Å². The molecule has 2 aliphatic heterocycles. The third-order valence-electron chi connectivity index (χ3n) is 3.83. The van der Waals surface area contributed by atoms with E-state index in [2.05, 4.69) is 20.9 Å². The van der Waals surface area contributed by atoms with Crippen molar-refractivity contribution in [3.63, 3.8) is 0 Å². The van der Waals surface area contributed by atoms with Crippen LogP contribution in [0, 0.1) is 0 Å². The molecule has 20 heavy (non-hydrogen) atoms. The molecule has 0 aliphatic carbocycles. The summed E-state index contributed by atoms with van der Waals surface area (Å²) in [5.74, 6) is 0.0737. The van der Waals surface area contributed by atoms with Crippen molar-refractivity contribution in [3.05, 3.63) is 23.8 Å². The third-order valence-corrected chi connectivity index (χ3v) is 3.83. The van der Waals surface area contributed by atoms with Crippen molar-refractivity contribution in [1.82, 2.24) is 10.6 Å². The zero-order valence-electron chi connectivity index (χ0n) is 11.4. The van der Waals surface area contributed by atoms with Gasteiger partial charge in [0, 0.05) is 43.0 Å². The maximum atomic E-state index is 11.8. The van der Waals surface area contributed by atoms with Crippen LogP contribution in [0.1, 0.15) is 18.0 Å². The average molecular weight is 274 g/mol. The van der Waals surface area contributed by atoms with E-state index >= 15 is 0 Å². The van der Waals surface area contributed by atoms with E-state index in [4.69, 9.17) is 0 Å². The summed E-state index contributed by atoms with van der Waals surface area (Å²) in [5.41, 5.74) is 2.87. The summed E-state index contributed by atoms with van der Waals surface area (Å²) >= 11 is 0. The standard InChI is InChI=1S/C14H18N4O2/c1-15-13-10-3-2-9(8-11(10)17-14(13)20)18-6-4-12(19)16-5-7-18/h2-3,8,13,15H,4-7H2,1H3,(H,16,19)(H,17,20). The van der Waals surface area contributed by atoms with Gasteiger partial charge in [0.25, 0.3) is 0 Å². The highest BCUT2D eigenvalue weighted by Crippen LogP contribution is 2.33. The van der Waals surface area contributed by atoms with Crippen molar-refractivity contribution in [2.75, 3.05) is 36.9 Å². The molecule has 3 rings (SSSR count). The van der Waals surface area contributed by atoms with Crippen molar-refractivity contribution >= 4 is 23.2 Å². The first kappa shape index (κ1) is 12.9. The van der Waals surface area contributed by atoms with E-state index in [1.165, 1.54) is 0 Å². The first-order chi connectivity index (χ1) is 9.69. The van der Waals surface area contributed by atoms with Crippen LogP contribution < -0.4 is 20.9 Å². The lowest BCUT2D eigenvalue weighted by Crippen LogP contribution is -2.28. The largest absolute Gasteiger partial charge is 0.369 e. The summed E-state index contributed by atoms with van der Waals surface area (Å²) in [6.45, 7) is 2.14. The van der Waals surface area contributed by atoms with Gasteiger partial charge in [0.05, 0.1) is 0 Å². The van der Waals surface area contributed by atoms with Crippen LogP contribution in [0.4, 0.5) is 11.4 Å². The van der Waals surface area contributed by atoms with Crippen molar-refractivity contribution in [3.8, 4) is 0 Å². The molecule has 1 aromatic carbocycles. The Balaban J connectivity index is 1.84. The molecule has 0 spiro atoms. The van der Waals surface area contributed by atoms with Gasteiger partial charge in [-0.15, -0.1) is 0 Å². The fraction of sp³-hybridized carbons (Fsp3) is 0.429. The predicted molar refractivity (Wildman–Crippen MR) is 76.7 cm³/mol. The highest BCUT2D eigenvalue weighted by Gasteiger charge is 2.29. The molecule has 0 bridgehead atoms. The van der Waals surface area contributed by atoms with Gasteiger partial charge in [-0.05, 0) is 19.2 Å². The molecule has 0 aromatic heterocycles. The van der Waals surface area contributed by atoms with Gasteiger partial charge in [0.15, 0.2) is 0 Å². The third kappa shape index (κ3) is 2.22. The van der Waals surface area contributed by atoms with Gasteiger partial charge >= 0.3 is 0 Å². The van der Waals surface area contributed by atoms with Crippen LogP contribution in [-0.4, -0.2) is 38.5 Å². The van der Waals surface area contributed by atoms with E-state index in [0.717, 1.165) is 23.5 Å². The number of hydrogen-bond acceptors (Lipinski definition) is 4. The quantitative estimate of drug-likeness (QED) is 0.721. The molecule has 1 fully saturated rings.